The highest BCUT2D eigenvalue weighted by atomic mass is 16.5. The van der Waals surface area contributed by atoms with E-state index in [9.17, 15) is 9.90 Å². The van der Waals surface area contributed by atoms with Crippen molar-refractivity contribution in [1.29, 1.82) is 0 Å². The molecule has 1 aromatic carbocycles. The number of hydrogen-bond donors (Lipinski definition) is 4. The summed E-state index contributed by atoms with van der Waals surface area (Å²) in [6, 6.07) is 6.71. The van der Waals surface area contributed by atoms with E-state index in [0.29, 0.717) is 29.8 Å². The molecule has 5 atom stereocenters. The van der Waals surface area contributed by atoms with E-state index in [0.717, 1.165) is 17.7 Å². The van der Waals surface area contributed by atoms with Crippen molar-refractivity contribution < 1.29 is 14.6 Å². The first-order valence-electron chi connectivity index (χ1n) is 10.7. The van der Waals surface area contributed by atoms with Gasteiger partial charge in [0, 0.05) is 17.5 Å². The first kappa shape index (κ1) is 20.7. The van der Waals surface area contributed by atoms with E-state index >= 15 is 0 Å². The monoisotopic (exact) mass is 437 g/mol. The van der Waals surface area contributed by atoms with Crippen LogP contribution in [-0.4, -0.2) is 56.3 Å². The van der Waals surface area contributed by atoms with E-state index in [1.165, 1.54) is 6.33 Å². The molecule has 2 saturated carbocycles. The minimum Gasteiger partial charge on any atom is -0.497 e. The fourth-order valence-corrected chi connectivity index (χ4v) is 5.21. The average Bonchev–Trinajstić information content (AvgIpc) is 3.26. The summed E-state index contributed by atoms with van der Waals surface area (Å²) >= 11 is 0. The number of methoxy groups -OCH3 is 1. The van der Waals surface area contributed by atoms with Crippen molar-refractivity contribution >= 4 is 22.9 Å². The number of imidazole rings is 1. The van der Waals surface area contributed by atoms with Crippen molar-refractivity contribution in [3.8, 4) is 5.75 Å². The second-order valence-electron chi connectivity index (χ2n) is 8.81. The number of carbonyl (C=O) groups excluding carboxylic acids is 1. The quantitative estimate of drug-likeness (QED) is 0.414. The lowest BCUT2D eigenvalue weighted by Gasteiger charge is -2.25. The Morgan fingerprint density at radius 1 is 1.34 bits per heavy atom. The number of hydrogen-bond acceptors (Lipinski definition) is 8. The summed E-state index contributed by atoms with van der Waals surface area (Å²) in [6.45, 7) is 0.0105. The van der Waals surface area contributed by atoms with Crippen LogP contribution >= 0.6 is 0 Å². The summed E-state index contributed by atoms with van der Waals surface area (Å²) in [5.74, 6) is 1.11. The molecule has 0 bridgehead atoms. The highest BCUT2D eigenvalue weighted by molar-refractivity contribution is 5.83. The number of rotatable bonds is 7. The molecule has 0 spiro atoms. The molecule has 32 heavy (non-hydrogen) atoms. The minimum atomic E-state index is -0.683. The Morgan fingerprint density at radius 3 is 2.84 bits per heavy atom. The third-order valence-electron chi connectivity index (χ3n) is 7.12. The van der Waals surface area contributed by atoms with Crippen LogP contribution in [0, 0.1) is 11.3 Å². The number of amides is 1. The van der Waals surface area contributed by atoms with E-state index in [2.05, 4.69) is 20.3 Å². The largest absolute Gasteiger partial charge is 0.497 e. The SMILES string of the molecule is COc1ccc(CC(N)C(=O)N[C@H]2C[C@H](n3cnc4c(N)ncnc43)[C@H]3C[C@]23CO)cc1. The Morgan fingerprint density at radius 2 is 2.12 bits per heavy atom. The van der Waals surface area contributed by atoms with Gasteiger partial charge in [0.05, 0.1) is 26.1 Å². The van der Waals surface area contributed by atoms with Crippen molar-refractivity contribution in [2.45, 2.75) is 37.4 Å². The van der Waals surface area contributed by atoms with Gasteiger partial charge in [-0.25, -0.2) is 15.0 Å². The topological polar surface area (TPSA) is 154 Å². The van der Waals surface area contributed by atoms with Gasteiger partial charge in [0.25, 0.3) is 0 Å². The molecule has 2 heterocycles. The molecule has 5 rings (SSSR count). The molecule has 0 aliphatic heterocycles. The van der Waals surface area contributed by atoms with Crippen LogP contribution in [0.25, 0.3) is 11.2 Å². The van der Waals surface area contributed by atoms with Crippen LogP contribution in [0.4, 0.5) is 5.82 Å². The molecule has 2 aromatic heterocycles. The molecule has 6 N–H and O–H groups in total. The number of aliphatic hydroxyl groups excluding tert-OH is 1. The van der Waals surface area contributed by atoms with Gasteiger partial charge in [0.2, 0.25) is 5.91 Å². The third kappa shape index (κ3) is 3.26. The van der Waals surface area contributed by atoms with Gasteiger partial charge in [-0.05, 0) is 42.9 Å². The molecule has 1 unspecified atom stereocenters. The van der Waals surface area contributed by atoms with Gasteiger partial charge in [-0.3, -0.25) is 4.79 Å². The van der Waals surface area contributed by atoms with Gasteiger partial charge < -0.3 is 31.2 Å². The fraction of sp³-hybridized carbons (Fsp3) is 0.455. The highest BCUT2D eigenvalue weighted by Crippen LogP contribution is 2.67. The maximum absolute atomic E-state index is 12.9. The lowest BCUT2D eigenvalue weighted by Crippen LogP contribution is -2.49. The summed E-state index contributed by atoms with van der Waals surface area (Å²) in [5, 5.41) is 13.3. The number of nitrogen functional groups attached to an aromatic ring is 1. The van der Waals surface area contributed by atoms with Crippen LogP contribution in [0.3, 0.4) is 0 Å². The molecule has 2 aliphatic rings. The number of carbonyl (C=O) groups is 1. The number of nitrogens with two attached hydrogens (primary N) is 2. The zero-order valence-corrected chi connectivity index (χ0v) is 17.8. The van der Waals surface area contributed by atoms with E-state index < -0.39 is 6.04 Å². The molecule has 10 heteroatoms. The molecule has 0 saturated heterocycles. The smallest absolute Gasteiger partial charge is 0.237 e. The molecular weight excluding hydrogens is 410 g/mol. The Balaban J connectivity index is 1.30. The predicted octanol–water partition coefficient (Wildman–Crippen LogP) is 0.415. The van der Waals surface area contributed by atoms with Crippen LogP contribution in [0.15, 0.2) is 36.9 Å². The number of nitrogens with zero attached hydrogens (tertiary/aromatic N) is 4. The second kappa shape index (κ2) is 7.72. The number of aromatic nitrogens is 4. The van der Waals surface area contributed by atoms with Gasteiger partial charge in [0.15, 0.2) is 11.5 Å². The number of nitrogens with one attached hydrogen (secondary N) is 1. The zero-order valence-electron chi connectivity index (χ0n) is 17.8. The predicted molar refractivity (Wildman–Crippen MR) is 118 cm³/mol. The van der Waals surface area contributed by atoms with Crippen LogP contribution in [-0.2, 0) is 11.2 Å². The first-order valence-corrected chi connectivity index (χ1v) is 10.7. The van der Waals surface area contributed by atoms with E-state index in [1.807, 2.05) is 28.8 Å². The molecule has 3 aromatic rings. The number of anilines is 1. The highest BCUT2D eigenvalue weighted by Gasteiger charge is 2.67. The van der Waals surface area contributed by atoms with Crippen molar-refractivity contribution in [3.05, 3.63) is 42.5 Å². The van der Waals surface area contributed by atoms with Crippen molar-refractivity contribution in [2.75, 3.05) is 19.5 Å². The minimum absolute atomic E-state index is 0.0105. The Hall–Kier alpha value is -3.24. The van der Waals surface area contributed by atoms with Crippen molar-refractivity contribution in [2.24, 2.45) is 17.1 Å². The molecule has 2 aliphatic carbocycles. The van der Waals surface area contributed by atoms with Gasteiger partial charge >= 0.3 is 0 Å². The summed E-state index contributed by atoms with van der Waals surface area (Å²) < 4.78 is 7.17. The molecule has 1 amide bonds. The van der Waals surface area contributed by atoms with Gasteiger partial charge in [-0.15, -0.1) is 0 Å². The van der Waals surface area contributed by atoms with Crippen LogP contribution in [0.1, 0.15) is 24.4 Å². The molecular formula is C22H27N7O3. The second-order valence-corrected chi connectivity index (χ2v) is 8.81. The maximum atomic E-state index is 12.9. The van der Waals surface area contributed by atoms with E-state index in [4.69, 9.17) is 16.2 Å². The Bertz CT molecular complexity index is 1150. The van der Waals surface area contributed by atoms with Crippen LogP contribution < -0.4 is 21.5 Å². The summed E-state index contributed by atoms with van der Waals surface area (Å²) in [6.07, 6.45) is 5.06. The van der Waals surface area contributed by atoms with E-state index in [1.54, 1.807) is 13.4 Å². The lowest BCUT2D eigenvalue weighted by molar-refractivity contribution is -0.123. The standard InChI is InChI=1S/C22H27N7O3/c1-32-13-4-2-12(3-5-13)6-15(23)21(31)28-17-7-16(14-8-22(14,17)9-30)29-11-27-18-19(24)25-10-26-20(18)29/h2-5,10-11,14-17,30H,6-9,23H2,1H3,(H,28,31)(H2,24,25,26)/t14-,15?,16+,17+,22-/m1/s1. The van der Waals surface area contributed by atoms with Crippen molar-refractivity contribution in [1.82, 2.24) is 24.8 Å². The number of fused-ring (bicyclic) bond motifs is 2. The first-order chi connectivity index (χ1) is 15.5. The number of benzene rings is 1. The van der Waals surface area contributed by atoms with Gasteiger partial charge in [-0.1, -0.05) is 12.1 Å². The fourth-order valence-electron chi connectivity index (χ4n) is 5.21. The average molecular weight is 438 g/mol. The summed E-state index contributed by atoms with van der Waals surface area (Å²) in [7, 11) is 1.61. The lowest BCUT2D eigenvalue weighted by atomic mass is 9.97. The zero-order chi connectivity index (χ0) is 22.5. The maximum Gasteiger partial charge on any atom is 0.237 e. The number of ether oxygens (including phenoxy) is 1. The van der Waals surface area contributed by atoms with Gasteiger partial charge in [0.1, 0.15) is 17.6 Å². The van der Waals surface area contributed by atoms with Gasteiger partial charge in [-0.2, -0.15) is 0 Å². The number of aliphatic hydroxyl groups is 1. The Kier molecular flexibility index (Phi) is 4.98. The van der Waals surface area contributed by atoms with Crippen LogP contribution in [0.2, 0.25) is 0 Å². The molecule has 0 radical (unpaired) electrons. The normalized spacial score (nSPS) is 27.2. The van der Waals surface area contributed by atoms with Crippen molar-refractivity contribution in [3.63, 3.8) is 0 Å². The van der Waals surface area contributed by atoms with Crippen LogP contribution in [0.5, 0.6) is 5.75 Å². The Labute approximate surface area is 185 Å². The summed E-state index contributed by atoms with van der Waals surface area (Å²) in [5.41, 5.74) is 14.0. The van der Waals surface area contributed by atoms with E-state index in [-0.39, 0.29) is 35.9 Å². The molecule has 168 valence electrons. The third-order valence-corrected chi connectivity index (χ3v) is 7.12. The summed E-state index contributed by atoms with van der Waals surface area (Å²) in [4.78, 5) is 25.6. The molecule has 2 fully saturated rings. The molecule has 10 nitrogen and oxygen atoms in total.